The van der Waals surface area contributed by atoms with Crippen LogP contribution in [0.25, 0.3) is 0 Å². The minimum Gasteiger partial charge on any atom is -0.491 e. The van der Waals surface area contributed by atoms with Crippen molar-refractivity contribution in [2.75, 3.05) is 5.32 Å². The third-order valence-electron chi connectivity index (χ3n) is 4.06. The van der Waals surface area contributed by atoms with E-state index in [1.165, 1.54) is 17.4 Å². The van der Waals surface area contributed by atoms with E-state index in [2.05, 4.69) is 10.3 Å². The van der Waals surface area contributed by atoms with Gasteiger partial charge in [0.05, 0.1) is 18.4 Å². The molecule has 0 radical (unpaired) electrons. The van der Waals surface area contributed by atoms with Crippen LogP contribution in [0.1, 0.15) is 36.3 Å². The van der Waals surface area contributed by atoms with Gasteiger partial charge in [-0.1, -0.05) is 6.92 Å². The smallest absolute Gasteiger partial charge is 0.257 e. The Morgan fingerprint density at radius 2 is 1.80 bits per heavy atom. The summed E-state index contributed by atoms with van der Waals surface area (Å²) in [5.74, 6) is -1.53. The number of hydrogen-bond donors (Lipinski definition) is 2. The second-order valence-electron chi connectivity index (χ2n) is 6.49. The predicted molar refractivity (Wildman–Crippen MR) is 109 cm³/mol. The van der Waals surface area contributed by atoms with Crippen LogP contribution in [0.2, 0.25) is 0 Å². The summed E-state index contributed by atoms with van der Waals surface area (Å²) >= 11 is 1.18. The van der Waals surface area contributed by atoms with Crippen molar-refractivity contribution in [3.8, 4) is 17.2 Å². The maximum absolute atomic E-state index is 13.5. The predicted octanol–water partition coefficient (Wildman–Crippen LogP) is 5.14. The number of halogens is 2. The first-order valence-corrected chi connectivity index (χ1v) is 10.1. The van der Waals surface area contributed by atoms with E-state index >= 15 is 0 Å². The van der Waals surface area contributed by atoms with Gasteiger partial charge in [-0.05, 0) is 25.5 Å². The molecule has 30 heavy (non-hydrogen) atoms. The molecule has 0 aliphatic heterocycles. The van der Waals surface area contributed by atoms with E-state index in [9.17, 15) is 13.6 Å². The second kappa shape index (κ2) is 9.64. The highest BCUT2D eigenvalue weighted by Crippen LogP contribution is 2.30. The van der Waals surface area contributed by atoms with Crippen molar-refractivity contribution in [1.82, 2.24) is 4.98 Å². The quantitative estimate of drug-likeness (QED) is 0.513. The van der Waals surface area contributed by atoms with Gasteiger partial charge in [-0.3, -0.25) is 10.1 Å². The number of hydrogen-bond acceptors (Lipinski definition) is 6. The lowest BCUT2D eigenvalue weighted by Gasteiger charge is -2.15. The number of benzene rings is 2. The van der Waals surface area contributed by atoms with Crippen molar-refractivity contribution in [3.05, 3.63) is 64.7 Å². The van der Waals surface area contributed by atoms with Gasteiger partial charge in [0.15, 0.2) is 5.13 Å². The highest BCUT2D eigenvalue weighted by Gasteiger charge is 2.15. The molecule has 9 heteroatoms. The Hall–Kier alpha value is -3.04. The van der Waals surface area contributed by atoms with Crippen LogP contribution in [0.5, 0.6) is 17.2 Å². The Kier molecular flexibility index (Phi) is 6.96. The summed E-state index contributed by atoms with van der Waals surface area (Å²) in [7, 11) is 0. The summed E-state index contributed by atoms with van der Waals surface area (Å²) in [5.41, 5.74) is 0.657. The molecule has 6 nitrogen and oxygen atoms in total. The minimum atomic E-state index is -0.779. The maximum atomic E-state index is 13.5. The number of carbonyl (C=O) groups is 1. The van der Waals surface area contributed by atoms with Crippen molar-refractivity contribution < 1.29 is 28.2 Å². The molecule has 0 saturated heterocycles. The van der Waals surface area contributed by atoms with Gasteiger partial charge in [0.2, 0.25) is 0 Å². The van der Waals surface area contributed by atoms with Crippen molar-refractivity contribution in [1.29, 1.82) is 0 Å². The number of amides is 1. The molecule has 3 rings (SSSR count). The van der Waals surface area contributed by atoms with Crippen LogP contribution in [-0.2, 0) is 6.61 Å². The molecule has 1 atom stereocenters. The molecule has 0 fully saturated rings. The van der Waals surface area contributed by atoms with Crippen LogP contribution in [-0.4, -0.2) is 22.1 Å². The average Bonchev–Trinajstić information content (AvgIpc) is 3.14. The third-order valence-corrected chi connectivity index (χ3v) is 4.87. The SMILES string of the molecule is CC[C@H](C)Oc1cc(Oc2cc(F)cc(F)c2)cc(C(=O)Nc2nc(CO)cs2)c1. The minimum absolute atomic E-state index is 0.0490. The summed E-state index contributed by atoms with van der Waals surface area (Å²) < 4.78 is 38.3. The third kappa shape index (κ3) is 5.74. The Balaban J connectivity index is 1.89. The standard InChI is InChI=1S/C21H20F2N2O4S/c1-3-12(2)28-17-4-13(20(27)25-21-24-16(10-26)11-30-21)5-18(9-17)29-19-7-14(22)6-15(23)8-19/h4-9,11-12,26H,3,10H2,1-2H3,(H,24,25,27)/t12-/m0/s1. The molecule has 2 N–H and O–H groups in total. The molecule has 0 unspecified atom stereocenters. The van der Waals surface area contributed by atoms with E-state index in [1.807, 2.05) is 13.8 Å². The molecular formula is C21H20F2N2O4S. The number of rotatable bonds is 8. The Bertz CT molecular complexity index is 1020. The summed E-state index contributed by atoms with van der Waals surface area (Å²) in [6.45, 7) is 3.60. The zero-order valence-electron chi connectivity index (χ0n) is 16.3. The highest BCUT2D eigenvalue weighted by atomic mass is 32.1. The van der Waals surface area contributed by atoms with Gasteiger partial charge in [-0.2, -0.15) is 0 Å². The number of ether oxygens (including phenoxy) is 2. The average molecular weight is 434 g/mol. The first-order valence-electron chi connectivity index (χ1n) is 9.18. The van der Waals surface area contributed by atoms with E-state index in [0.29, 0.717) is 16.6 Å². The number of carbonyl (C=O) groups excluding carboxylic acids is 1. The van der Waals surface area contributed by atoms with Crippen LogP contribution >= 0.6 is 11.3 Å². The molecule has 0 spiro atoms. The summed E-state index contributed by atoms with van der Waals surface area (Å²) in [4.78, 5) is 16.8. The van der Waals surface area contributed by atoms with Crippen LogP contribution < -0.4 is 14.8 Å². The van der Waals surface area contributed by atoms with Gasteiger partial charge in [0.1, 0.15) is 28.9 Å². The van der Waals surface area contributed by atoms with Gasteiger partial charge in [-0.15, -0.1) is 11.3 Å². The van der Waals surface area contributed by atoms with Crippen LogP contribution in [0.15, 0.2) is 41.8 Å². The first kappa shape index (κ1) is 21.7. The van der Waals surface area contributed by atoms with Crippen LogP contribution in [0.3, 0.4) is 0 Å². The summed E-state index contributed by atoms with van der Waals surface area (Å²) in [6, 6.07) is 7.33. The van der Waals surface area contributed by atoms with Crippen molar-refractivity contribution in [3.63, 3.8) is 0 Å². The van der Waals surface area contributed by atoms with E-state index in [1.54, 1.807) is 17.5 Å². The number of aliphatic hydroxyl groups excluding tert-OH is 1. The molecule has 0 bridgehead atoms. The molecule has 0 saturated carbocycles. The number of thiazole rings is 1. The highest BCUT2D eigenvalue weighted by molar-refractivity contribution is 7.13. The molecule has 158 valence electrons. The van der Waals surface area contributed by atoms with Gasteiger partial charge in [0.25, 0.3) is 5.91 Å². The van der Waals surface area contributed by atoms with Gasteiger partial charge in [-0.25, -0.2) is 13.8 Å². The summed E-state index contributed by atoms with van der Waals surface area (Å²) in [6.07, 6.45) is 0.624. The Morgan fingerprint density at radius 3 is 2.43 bits per heavy atom. The van der Waals surface area contributed by atoms with Crippen molar-refractivity contribution in [2.24, 2.45) is 0 Å². The van der Waals surface area contributed by atoms with Crippen molar-refractivity contribution in [2.45, 2.75) is 33.0 Å². The van der Waals surface area contributed by atoms with Crippen LogP contribution in [0.4, 0.5) is 13.9 Å². The monoisotopic (exact) mass is 434 g/mol. The Morgan fingerprint density at radius 1 is 1.13 bits per heavy atom. The number of aliphatic hydroxyl groups is 1. The lowest BCUT2D eigenvalue weighted by Crippen LogP contribution is -2.14. The van der Waals surface area contributed by atoms with Crippen molar-refractivity contribution >= 4 is 22.4 Å². The topological polar surface area (TPSA) is 80.7 Å². The first-order chi connectivity index (χ1) is 14.4. The number of aromatic nitrogens is 1. The molecule has 1 aromatic heterocycles. The fourth-order valence-electron chi connectivity index (χ4n) is 2.48. The van der Waals surface area contributed by atoms with E-state index in [-0.39, 0.29) is 29.8 Å². The zero-order valence-corrected chi connectivity index (χ0v) is 17.1. The zero-order chi connectivity index (χ0) is 21.7. The molecular weight excluding hydrogens is 414 g/mol. The van der Waals surface area contributed by atoms with Gasteiger partial charge >= 0.3 is 0 Å². The number of nitrogens with one attached hydrogen (secondary N) is 1. The van der Waals surface area contributed by atoms with E-state index in [0.717, 1.165) is 24.6 Å². The van der Waals surface area contributed by atoms with Crippen LogP contribution in [0, 0.1) is 11.6 Å². The van der Waals surface area contributed by atoms with E-state index in [4.69, 9.17) is 14.6 Å². The number of nitrogens with zero attached hydrogens (tertiary/aromatic N) is 1. The Labute approximate surface area is 176 Å². The fourth-order valence-corrected chi connectivity index (χ4v) is 3.17. The second-order valence-corrected chi connectivity index (χ2v) is 7.35. The largest absolute Gasteiger partial charge is 0.491 e. The molecule has 1 heterocycles. The molecule has 1 amide bonds. The molecule has 0 aliphatic carbocycles. The fraction of sp³-hybridized carbons (Fsp3) is 0.238. The number of anilines is 1. The normalized spacial score (nSPS) is 11.8. The van der Waals surface area contributed by atoms with Gasteiger partial charge < -0.3 is 14.6 Å². The molecule has 0 aliphatic rings. The van der Waals surface area contributed by atoms with E-state index < -0.39 is 17.5 Å². The lowest BCUT2D eigenvalue weighted by molar-refractivity contribution is 0.102. The summed E-state index contributed by atoms with van der Waals surface area (Å²) in [5, 5.41) is 13.7. The molecule has 2 aromatic carbocycles. The van der Waals surface area contributed by atoms with Gasteiger partial charge in [0, 0.05) is 35.2 Å². The maximum Gasteiger partial charge on any atom is 0.257 e. The lowest BCUT2D eigenvalue weighted by atomic mass is 10.2. The molecule has 3 aromatic rings.